The second-order valence-electron chi connectivity index (χ2n) is 2.16. The molecule has 58 valence electrons. The summed E-state index contributed by atoms with van der Waals surface area (Å²) in [7, 11) is 1.98. The summed E-state index contributed by atoms with van der Waals surface area (Å²) in [6, 6.07) is 0. The van der Waals surface area contributed by atoms with Gasteiger partial charge in [-0.3, -0.25) is 0 Å². The van der Waals surface area contributed by atoms with E-state index >= 15 is 0 Å². The number of hydrogen-bond donors (Lipinski definition) is 1. The fraction of sp³-hybridized carbons (Fsp3) is 1.00. The molecular formula is C8H21N. The summed E-state index contributed by atoms with van der Waals surface area (Å²) >= 11 is 0. The summed E-state index contributed by atoms with van der Waals surface area (Å²) in [6.45, 7) is 7.60. The maximum absolute atomic E-state index is 3.07. The highest BCUT2D eigenvalue weighted by molar-refractivity contribution is 4.34. The highest BCUT2D eigenvalue weighted by Crippen LogP contribution is 1.79. The van der Waals surface area contributed by atoms with Gasteiger partial charge in [-0.25, -0.2) is 0 Å². The Morgan fingerprint density at radius 3 is 1.67 bits per heavy atom. The van der Waals surface area contributed by atoms with Gasteiger partial charge >= 0.3 is 0 Å². The van der Waals surface area contributed by atoms with Crippen molar-refractivity contribution in [1.29, 1.82) is 0 Å². The molecule has 0 radical (unpaired) electrons. The van der Waals surface area contributed by atoms with Crippen LogP contribution in [0.5, 0.6) is 0 Å². The largest absolute Gasteiger partial charge is 0.320 e. The second-order valence-corrected chi connectivity index (χ2v) is 2.16. The van der Waals surface area contributed by atoms with Crippen LogP contribution in [0, 0.1) is 0 Å². The van der Waals surface area contributed by atoms with Crippen LogP contribution in [-0.2, 0) is 0 Å². The van der Waals surface area contributed by atoms with E-state index in [1.165, 1.54) is 19.3 Å². The van der Waals surface area contributed by atoms with Crippen LogP contribution in [0.15, 0.2) is 0 Å². The van der Waals surface area contributed by atoms with Crippen molar-refractivity contribution < 1.29 is 0 Å². The molecule has 0 bridgehead atoms. The second kappa shape index (κ2) is 15.7. The van der Waals surface area contributed by atoms with Crippen LogP contribution in [0.3, 0.4) is 0 Å². The monoisotopic (exact) mass is 131 g/mol. The topological polar surface area (TPSA) is 12.0 Å². The van der Waals surface area contributed by atoms with Crippen LogP contribution in [0.25, 0.3) is 0 Å². The number of nitrogens with one attached hydrogen (secondary N) is 1. The third-order valence-corrected chi connectivity index (χ3v) is 0.780. The quantitative estimate of drug-likeness (QED) is 0.580. The summed E-state index contributed by atoms with van der Waals surface area (Å²) in [5.41, 5.74) is 0. The van der Waals surface area contributed by atoms with Crippen molar-refractivity contribution in [3.05, 3.63) is 0 Å². The molecule has 9 heavy (non-hydrogen) atoms. The zero-order valence-electron chi connectivity index (χ0n) is 7.33. The van der Waals surface area contributed by atoms with Crippen LogP contribution >= 0.6 is 0 Å². The summed E-state index contributed by atoms with van der Waals surface area (Å²) < 4.78 is 0. The Kier molecular flexibility index (Phi) is 20.4. The Balaban J connectivity index is 0. The van der Waals surface area contributed by atoms with Gasteiger partial charge in [-0.05, 0) is 20.0 Å². The molecule has 0 atom stereocenters. The zero-order valence-corrected chi connectivity index (χ0v) is 7.33. The molecule has 0 aromatic carbocycles. The minimum Gasteiger partial charge on any atom is -0.320 e. The van der Waals surface area contributed by atoms with E-state index in [4.69, 9.17) is 0 Å². The van der Waals surface area contributed by atoms with Gasteiger partial charge in [0.05, 0.1) is 0 Å². The summed E-state index contributed by atoms with van der Waals surface area (Å²) in [5.74, 6) is 0. The van der Waals surface area contributed by atoms with Crippen LogP contribution in [0.4, 0.5) is 0 Å². The van der Waals surface area contributed by atoms with Crippen molar-refractivity contribution in [3.8, 4) is 0 Å². The van der Waals surface area contributed by atoms with Crippen molar-refractivity contribution in [2.75, 3.05) is 13.6 Å². The lowest BCUT2D eigenvalue weighted by Crippen LogP contribution is -2.06. The van der Waals surface area contributed by atoms with Crippen LogP contribution in [0.1, 0.15) is 40.0 Å². The van der Waals surface area contributed by atoms with Crippen molar-refractivity contribution in [3.63, 3.8) is 0 Å². The molecule has 0 amide bonds. The predicted molar refractivity (Wildman–Crippen MR) is 44.8 cm³/mol. The lowest BCUT2D eigenvalue weighted by molar-refractivity contribution is 0.711. The maximum atomic E-state index is 3.07. The minimum atomic E-state index is 1.16. The Bertz CT molecular complexity index is 23.7. The first-order chi connectivity index (χ1) is 4.33. The predicted octanol–water partition coefficient (Wildman–Crippen LogP) is 2.42. The molecule has 0 aliphatic carbocycles. The van der Waals surface area contributed by atoms with E-state index in [1.54, 1.807) is 0 Å². The Hall–Kier alpha value is -0.0400. The van der Waals surface area contributed by atoms with Gasteiger partial charge in [-0.2, -0.15) is 0 Å². The van der Waals surface area contributed by atoms with E-state index in [0.29, 0.717) is 0 Å². The fourth-order valence-corrected chi connectivity index (χ4v) is 0.354. The highest BCUT2D eigenvalue weighted by atomic mass is 14.8. The van der Waals surface area contributed by atoms with Crippen molar-refractivity contribution in [2.45, 2.75) is 40.0 Å². The molecule has 1 nitrogen and oxygen atoms in total. The summed E-state index contributed by atoms with van der Waals surface area (Å²) in [6.07, 6.45) is 3.84. The number of unbranched alkanes of at least 4 members (excludes halogenated alkanes) is 1. The van der Waals surface area contributed by atoms with Crippen molar-refractivity contribution in [1.82, 2.24) is 5.32 Å². The molecule has 0 heterocycles. The van der Waals surface area contributed by atoms with Crippen molar-refractivity contribution in [2.24, 2.45) is 0 Å². The number of rotatable bonds is 3. The van der Waals surface area contributed by atoms with Crippen LogP contribution < -0.4 is 5.32 Å². The average Bonchev–Trinajstić information content (AvgIpc) is 1.86. The van der Waals surface area contributed by atoms with Gasteiger partial charge in [-0.1, -0.05) is 33.6 Å². The van der Waals surface area contributed by atoms with E-state index < -0.39 is 0 Å². The van der Waals surface area contributed by atoms with Gasteiger partial charge in [0, 0.05) is 0 Å². The molecule has 0 saturated carbocycles. The van der Waals surface area contributed by atoms with Crippen molar-refractivity contribution >= 4 is 0 Å². The van der Waals surface area contributed by atoms with Crippen LogP contribution in [0.2, 0.25) is 0 Å². The van der Waals surface area contributed by atoms with E-state index in [2.05, 4.69) is 26.1 Å². The van der Waals surface area contributed by atoms with E-state index in [-0.39, 0.29) is 0 Å². The van der Waals surface area contributed by atoms with E-state index in [9.17, 15) is 0 Å². The SMILES string of the molecule is CCC.CCCCNC. The molecule has 0 aliphatic heterocycles. The molecule has 0 saturated heterocycles. The smallest absolute Gasteiger partial charge is 0.00520 e. The zero-order chi connectivity index (χ0) is 7.54. The van der Waals surface area contributed by atoms with Gasteiger partial charge in [0.1, 0.15) is 0 Å². The number of hydrogen-bond acceptors (Lipinski definition) is 1. The van der Waals surface area contributed by atoms with Gasteiger partial charge in [-0.15, -0.1) is 0 Å². The van der Waals surface area contributed by atoms with Gasteiger partial charge in [0.15, 0.2) is 0 Å². The molecule has 0 aliphatic rings. The molecule has 0 spiro atoms. The molecule has 0 unspecified atom stereocenters. The summed E-state index contributed by atoms with van der Waals surface area (Å²) in [5, 5.41) is 3.07. The first-order valence-corrected chi connectivity index (χ1v) is 3.97. The van der Waals surface area contributed by atoms with E-state index in [1.807, 2.05) is 7.05 Å². The fourth-order valence-electron chi connectivity index (χ4n) is 0.354. The molecule has 0 aromatic heterocycles. The van der Waals surface area contributed by atoms with Gasteiger partial charge in [0.25, 0.3) is 0 Å². The molecule has 0 aromatic rings. The molecule has 0 fully saturated rings. The maximum Gasteiger partial charge on any atom is -0.00520 e. The first-order valence-electron chi connectivity index (χ1n) is 3.97. The average molecular weight is 131 g/mol. The normalized spacial score (nSPS) is 8.00. The molecule has 1 heteroatoms. The van der Waals surface area contributed by atoms with Gasteiger partial charge in [0.2, 0.25) is 0 Å². The highest BCUT2D eigenvalue weighted by Gasteiger charge is 1.73. The minimum absolute atomic E-state index is 1.16. The standard InChI is InChI=1S/C5H13N.C3H8/c1-3-4-5-6-2;1-3-2/h6H,3-5H2,1-2H3;3H2,1-2H3. The molecular weight excluding hydrogens is 110 g/mol. The Labute approximate surface area is 59.8 Å². The molecule has 0 rings (SSSR count). The third-order valence-electron chi connectivity index (χ3n) is 0.780. The first kappa shape index (κ1) is 11.7. The Morgan fingerprint density at radius 2 is 1.56 bits per heavy atom. The van der Waals surface area contributed by atoms with Gasteiger partial charge < -0.3 is 5.32 Å². The Morgan fingerprint density at radius 1 is 1.11 bits per heavy atom. The lowest BCUT2D eigenvalue weighted by Gasteiger charge is -1.89. The molecule has 1 N–H and O–H groups in total. The summed E-state index contributed by atoms with van der Waals surface area (Å²) in [4.78, 5) is 0. The third kappa shape index (κ3) is 32.3. The lowest BCUT2D eigenvalue weighted by atomic mass is 10.3. The van der Waals surface area contributed by atoms with Crippen LogP contribution in [-0.4, -0.2) is 13.6 Å². The van der Waals surface area contributed by atoms with E-state index in [0.717, 1.165) is 6.54 Å².